The summed E-state index contributed by atoms with van der Waals surface area (Å²) in [6.07, 6.45) is 3.73. The molecule has 1 amide bonds. The van der Waals surface area contributed by atoms with Crippen LogP contribution < -0.4 is 10.1 Å². The molecule has 0 bridgehead atoms. The summed E-state index contributed by atoms with van der Waals surface area (Å²) < 4.78 is 11.2. The highest BCUT2D eigenvalue weighted by atomic mass is 35.5. The number of anilines is 1. The van der Waals surface area contributed by atoms with Crippen molar-refractivity contribution in [2.24, 2.45) is 0 Å². The van der Waals surface area contributed by atoms with Crippen molar-refractivity contribution >= 4 is 39.8 Å². The number of benzene rings is 1. The van der Waals surface area contributed by atoms with E-state index >= 15 is 0 Å². The molecule has 1 aromatic heterocycles. The molecule has 0 unspecified atom stereocenters. The van der Waals surface area contributed by atoms with Gasteiger partial charge in [0.2, 0.25) is 0 Å². The lowest BCUT2D eigenvalue weighted by molar-refractivity contribution is -0.122. The zero-order valence-corrected chi connectivity index (χ0v) is 18.5. The Balaban J connectivity index is 1.81. The summed E-state index contributed by atoms with van der Waals surface area (Å²) in [7, 11) is 0. The number of esters is 1. The second kappa shape index (κ2) is 9.63. The maximum absolute atomic E-state index is 12.9. The van der Waals surface area contributed by atoms with Crippen molar-refractivity contribution in [2.45, 2.75) is 59.0 Å². The van der Waals surface area contributed by atoms with E-state index in [1.54, 1.807) is 19.1 Å². The van der Waals surface area contributed by atoms with Crippen LogP contribution in [0.4, 0.5) is 5.00 Å². The zero-order valence-electron chi connectivity index (χ0n) is 17.0. The van der Waals surface area contributed by atoms with Crippen molar-refractivity contribution in [2.75, 3.05) is 11.9 Å². The van der Waals surface area contributed by atoms with Crippen LogP contribution in [0.5, 0.6) is 5.75 Å². The molecule has 1 N–H and O–H groups in total. The van der Waals surface area contributed by atoms with Crippen LogP contribution in [0.25, 0.3) is 0 Å². The normalized spacial score (nSPS) is 14.1. The lowest BCUT2D eigenvalue weighted by Gasteiger charge is -2.18. The number of halogens is 1. The summed E-state index contributed by atoms with van der Waals surface area (Å²) in [6, 6.07) is 5.31. The molecule has 156 valence electrons. The van der Waals surface area contributed by atoms with Gasteiger partial charge >= 0.3 is 5.97 Å². The van der Waals surface area contributed by atoms with Crippen LogP contribution in [0.3, 0.4) is 0 Å². The number of fused-ring (bicyclic) bond motifs is 1. The van der Waals surface area contributed by atoms with Crippen molar-refractivity contribution in [3.8, 4) is 5.75 Å². The molecule has 1 aliphatic carbocycles. The van der Waals surface area contributed by atoms with Gasteiger partial charge in [-0.2, -0.15) is 0 Å². The predicted octanol–water partition coefficient (Wildman–Crippen LogP) is 5.56. The first-order valence-electron chi connectivity index (χ1n) is 9.99. The van der Waals surface area contributed by atoms with Crippen molar-refractivity contribution in [3.63, 3.8) is 0 Å². The molecule has 1 aliphatic rings. The minimum Gasteiger partial charge on any atom is -0.481 e. The highest BCUT2D eigenvalue weighted by Crippen LogP contribution is 2.38. The monoisotopic (exact) mass is 435 g/mol. The summed E-state index contributed by atoms with van der Waals surface area (Å²) in [5, 5.41) is 4.15. The van der Waals surface area contributed by atoms with Gasteiger partial charge in [0.15, 0.2) is 6.10 Å². The Kier molecular flexibility index (Phi) is 7.19. The number of carbonyl (C=O) groups is 2. The van der Waals surface area contributed by atoms with Crippen molar-refractivity contribution in [3.05, 3.63) is 44.8 Å². The van der Waals surface area contributed by atoms with Gasteiger partial charge in [-0.05, 0) is 75.3 Å². The van der Waals surface area contributed by atoms with Crippen LogP contribution >= 0.6 is 22.9 Å². The number of amides is 1. The molecule has 1 aromatic carbocycles. The van der Waals surface area contributed by atoms with Crippen LogP contribution in [0, 0.1) is 6.92 Å². The van der Waals surface area contributed by atoms with Gasteiger partial charge in [0.1, 0.15) is 10.8 Å². The smallest absolute Gasteiger partial charge is 0.341 e. The number of hydrogen-bond donors (Lipinski definition) is 1. The van der Waals surface area contributed by atoms with E-state index in [-0.39, 0.29) is 11.9 Å². The highest BCUT2D eigenvalue weighted by Gasteiger charge is 2.29. The zero-order chi connectivity index (χ0) is 21.0. The third kappa shape index (κ3) is 4.93. The van der Waals surface area contributed by atoms with Crippen LogP contribution in [-0.2, 0) is 22.4 Å². The van der Waals surface area contributed by atoms with Gasteiger partial charge in [0, 0.05) is 9.90 Å². The average molecular weight is 436 g/mol. The number of thiophene rings is 1. The van der Waals surface area contributed by atoms with Gasteiger partial charge in [0.25, 0.3) is 5.91 Å². The summed E-state index contributed by atoms with van der Waals surface area (Å²) in [5.41, 5.74) is 2.42. The molecule has 0 aliphatic heterocycles. The lowest BCUT2D eigenvalue weighted by Crippen LogP contribution is -2.32. The summed E-state index contributed by atoms with van der Waals surface area (Å²) in [6.45, 7) is 5.86. The van der Waals surface area contributed by atoms with Gasteiger partial charge in [-0.1, -0.05) is 18.5 Å². The number of nitrogens with one attached hydrogen (secondary N) is 1. The van der Waals surface area contributed by atoms with E-state index in [2.05, 4.69) is 5.32 Å². The molecule has 5 nitrogen and oxygen atoms in total. The molecular formula is C22H26ClNO4S. The minimum atomic E-state index is -0.676. The molecule has 0 saturated heterocycles. The van der Waals surface area contributed by atoms with Gasteiger partial charge in [0.05, 0.1) is 12.2 Å². The molecule has 0 radical (unpaired) electrons. The third-order valence-corrected chi connectivity index (χ3v) is 6.59. The maximum atomic E-state index is 12.9. The van der Waals surface area contributed by atoms with E-state index in [1.165, 1.54) is 11.3 Å². The number of carbonyl (C=O) groups excluding carboxylic acids is 2. The summed E-state index contributed by atoms with van der Waals surface area (Å²) in [5.74, 6) is -0.0567. The number of rotatable bonds is 7. The maximum Gasteiger partial charge on any atom is 0.341 e. The molecule has 1 heterocycles. The molecule has 3 rings (SSSR count). The molecular weight excluding hydrogens is 410 g/mol. The van der Waals surface area contributed by atoms with Gasteiger partial charge < -0.3 is 14.8 Å². The van der Waals surface area contributed by atoms with Crippen molar-refractivity contribution in [1.29, 1.82) is 0 Å². The van der Waals surface area contributed by atoms with Crippen molar-refractivity contribution < 1.29 is 19.1 Å². The largest absolute Gasteiger partial charge is 0.481 e. The van der Waals surface area contributed by atoms with E-state index in [9.17, 15) is 9.59 Å². The fourth-order valence-corrected chi connectivity index (χ4v) is 4.84. The number of ether oxygens (including phenoxy) is 2. The van der Waals surface area contributed by atoms with E-state index in [4.69, 9.17) is 21.1 Å². The Morgan fingerprint density at radius 3 is 2.69 bits per heavy atom. The standard InChI is InChI=1S/C22H26ClNO4S/c1-4-17(28-14-10-11-16(23)13(3)12-14)20(25)24-21-19(22(26)27-5-2)15-8-6-7-9-18(15)29-21/h10-12,17H,4-9H2,1-3H3,(H,24,25)/t17-/m1/s1. The molecule has 7 heteroatoms. The predicted molar refractivity (Wildman–Crippen MR) is 116 cm³/mol. The Bertz CT molecular complexity index is 908. The topological polar surface area (TPSA) is 64.6 Å². The molecule has 2 aromatic rings. The molecule has 0 saturated carbocycles. The lowest BCUT2D eigenvalue weighted by atomic mass is 9.95. The fraction of sp³-hybridized carbons (Fsp3) is 0.455. The Labute approximate surface area is 180 Å². The summed E-state index contributed by atoms with van der Waals surface area (Å²) in [4.78, 5) is 26.7. The SMILES string of the molecule is CCOC(=O)c1c(NC(=O)[C@@H](CC)Oc2ccc(Cl)c(C)c2)sc2c1CCCC2. The van der Waals surface area contributed by atoms with Crippen molar-refractivity contribution in [1.82, 2.24) is 0 Å². The Morgan fingerprint density at radius 1 is 1.24 bits per heavy atom. The van der Waals surface area contributed by atoms with Gasteiger partial charge in [-0.25, -0.2) is 4.79 Å². The second-order valence-corrected chi connectivity index (χ2v) is 8.56. The summed E-state index contributed by atoms with van der Waals surface area (Å²) >= 11 is 7.54. The Morgan fingerprint density at radius 2 is 2.00 bits per heavy atom. The van der Waals surface area contributed by atoms with E-state index in [0.29, 0.717) is 34.4 Å². The van der Waals surface area contributed by atoms with E-state index < -0.39 is 6.10 Å². The average Bonchev–Trinajstić information content (AvgIpc) is 3.06. The molecule has 0 fully saturated rings. The van der Waals surface area contributed by atoms with Crippen LogP contribution in [0.15, 0.2) is 18.2 Å². The second-order valence-electron chi connectivity index (χ2n) is 7.05. The first-order valence-corrected chi connectivity index (χ1v) is 11.2. The Hall–Kier alpha value is -2.05. The van der Waals surface area contributed by atoms with Gasteiger partial charge in [-0.3, -0.25) is 4.79 Å². The van der Waals surface area contributed by atoms with E-state index in [0.717, 1.165) is 41.7 Å². The van der Waals surface area contributed by atoms with Crippen LogP contribution in [0.1, 0.15) is 59.5 Å². The molecule has 1 atom stereocenters. The van der Waals surface area contributed by atoms with E-state index in [1.807, 2.05) is 19.9 Å². The number of hydrogen-bond acceptors (Lipinski definition) is 5. The highest BCUT2D eigenvalue weighted by molar-refractivity contribution is 7.17. The van der Waals surface area contributed by atoms with Gasteiger partial charge in [-0.15, -0.1) is 11.3 Å². The van der Waals surface area contributed by atoms with Crippen LogP contribution in [0.2, 0.25) is 5.02 Å². The molecule has 0 spiro atoms. The fourth-order valence-electron chi connectivity index (χ4n) is 3.44. The minimum absolute atomic E-state index is 0.274. The number of aryl methyl sites for hydroxylation is 2. The first-order chi connectivity index (χ1) is 13.9. The first kappa shape index (κ1) is 21.7. The molecule has 29 heavy (non-hydrogen) atoms. The quantitative estimate of drug-likeness (QED) is 0.578. The third-order valence-electron chi connectivity index (χ3n) is 4.96. The van der Waals surface area contributed by atoms with Crippen LogP contribution in [-0.4, -0.2) is 24.6 Å².